The molecule has 0 aliphatic rings. The molecule has 4 heteroatoms. The third-order valence-corrected chi connectivity index (χ3v) is 9.38. The lowest BCUT2D eigenvalue weighted by molar-refractivity contribution is 1.18. The number of benzene rings is 5. The Balaban J connectivity index is 1.21. The van der Waals surface area contributed by atoms with Crippen molar-refractivity contribution in [3.05, 3.63) is 140 Å². The van der Waals surface area contributed by atoms with E-state index < -0.39 is 0 Å². The van der Waals surface area contributed by atoms with Crippen LogP contribution in [-0.2, 0) is 0 Å². The van der Waals surface area contributed by atoms with Gasteiger partial charge in [0.15, 0.2) is 0 Å². The predicted molar refractivity (Wildman–Crippen MR) is 173 cm³/mol. The zero-order valence-electron chi connectivity index (χ0n) is 22.0. The van der Waals surface area contributed by atoms with Gasteiger partial charge in [0.05, 0.1) is 11.0 Å². The van der Waals surface area contributed by atoms with Crippen LogP contribution >= 0.6 is 11.3 Å². The molecule has 3 nitrogen and oxygen atoms in total. The standard InChI is InChI=1S/C37H23N3S/c1-2-11-27(12-3-1)40-33-16-7-6-14-29(33)31-22-25(17-18-34(31)40)24-9-8-10-26(21-24)35-23-32-28-13-4-5-15-30(28)36-38-19-20-39(36)37(32)41-35/h1-23H. The third-order valence-electron chi connectivity index (χ3n) is 8.20. The second-order valence-corrected chi connectivity index (χ2v) is 11.5. The number of rotatable bonds is 3. The van der Waals surface area contributed by atoms with Gasteiger partial charge in [-0.1, -0.05) is 84.9 Å². The molecule has 41 heavy (non-hydrogen) atoms. The first kappa shape index (κ1) is 22.6. The average Bonchev–Trinajstić information content (AvgIpc) is 3.78. The van der Waals surface area contributed by atoms with E-state index in [1.165, 1.54) is 70.0 Å². The normalized spacial score (nSPS) is 11.9. The highest BCUT2D eigenvalue weighted by Crippen LogP contribution is 2.40. The van der Waals surface area contributed by atoms with Crippen molar-refractivity contribution >= 4 is 59.8 Å². The highest BCUT2D eigenvalue weighted by molar-refractivity contribution is 7.22. The summed E-state index contributed by atoms with van der Waals surface area (Å²) >= 11 is 1.83. The summed E-state index contributed by atoms with van der Waals surface area (Å²) in [4.78, 5) is 7.16. The Morgan fingerprint density at radius 3 is 2.15 bits per heavy atom. The van der Waals surface area contributed by atoms with Crippen LogP contribution in [0.2, 0.25) is 0 Å². The topological polar surface area (TPSA) is 22.2 Å². The molecule has 4 aromatic heterocycles. The number of hydrogen-bond acceptors (Lipinski definition) is 2. The number of thiophene rings is 1. The van der Waals surface area contributed by atoms with E-state index >= 15 is 0 Å². The minimum absolute atomic E-state index is 1.01. The molecular weight excluding hydrogens is 518 g/mol. The second kappa shape index (κ2) is 8.65. The van der Waals surface area contributed by atoms with Crippen molar-refractivity contribution in [1.82, 2.24) is 14.0 Å². The van der Waals surface area contributed by atoms with Crippen LogP contribution in [-0.4, -0.2) is 14.0 Å². The van der Waals surface area contributed by atoms with Crippen LogP contribution in [0.25, 0.3) is 75.7 Å². The Morgan fingerprint density at radius 1 is 0.512 bits per heavy atom. The molecule has 4 heterocycles. The van der Waals surface area contributed by atoms with Crippen LogP contribution < -0.4 is 0 Å². The highest BCUT2D eigenvalue weighted by atomic mass is 32.1. The molecule has 0 unspecified atom stereocenters. The van der Waals surface area contributed by atoms with Crippen LogP contribution in [0.3, 0.4) is 0 Å². The van der Waals surface area contributed by atoms with Crippen LogP contribution in [0, 0.1) is 0 Å². The Kier molecular flexibility index (Phi) is 4.77. The molecule has 0 bridgehead atoms. The Morgan fingerprint density at radius 2 is 1.24 bits per heavy atom. The molecule has 9 aromatic rings. The maximum Gasteiger partial charge on any atom is 0.145 e. The maximum absolute atomic E-state index is 4.67. The van der Waals surface area contributed by atoms with Gasteiger partial charge in [-0.25, -0.2) is 4.98 Å². The summed E-state index contributed by atoms with van der Waals surface area (Å²) in [5.74, 6) is 0. The molecule has 0 spiro atoms. The minimum atomic E-state index is 1.01. The molecule has 0 N–H and O–H groups in total. The van der Waals surface area contributed by atoms with Gasteiger partial charge < -0.3 is 4.57 Å². The van der Waals surface area contributed by atoms with E-state index in [1.54, 1.807) is 0 Å². The van der Waals surface area contributed by atoms with Crippen molar-refractivity contribution < 1.29 is 0 Å². The van der Waals surface area contributed by atoms with Crippen LogP contribution in [0.5, 0.6) is 0 Å². The van der Waals surface area contributed by atoms with Crippen molar-refractivity contribution in [1.29, 1.82) is 0 Å². The fraction of sp³-hybridized carbons (Fsp3) is 0. The SMILES string of the molecule is c1ccc(-n2c3ccccc3c3cc(-c4cccc(-c5cc6c7ccccc7c7nccn7c6s5)c4)ccc32)cc1. The molecule has 192 valence electrons. The predicted octanol–water partition coefficient (Wildman–Crippen LogP) is 10.1. The van der Waals surface area contributed by atoms with Gasteiger partial charge in [0.25, 0.3) is 0 Å². The van der Waals surface area contributed by atoms with E-state index in [0.717, 1.165) is 5.65 Å². The number of aromatic nitrogens is 3. The number of fused-ring (bicyclic) bond motifs is 9. The van der Waals surface area contributed by atoms with Crippen molar-refractivity contribution in [3.8, 4) is 27.3 Å². The number of para-hydroxylation sites is 2. The quantitative estimate of drug-likeness (QED) is 0.218. The van der Waals surface area contributed by atoms with Gasteiger partial charge in [0, 0.05) is 44.5 Å². The smallest absolute Gasteiger partial charge is 0.145 e. The highest BCUT2D eigenvalue weighted by Gasteiger charge is 2.15. The second-order valence-electron chi connectivity index (χ2n) is 10.5. The molecule has 5 aromatic carbocycles. The lowest BCUT2D eigenvalue weighted by atomic mass is 10.00. The molecule has 0 saturated carbocycles. The van der Waals surface area contributed by atoms with Crippen LogP contribution in [0.1, 0.15) is 0 Å². The third kappa shape index (κ3) is 3.35. The largest absolute Gasteiger partial charge is 0.309 e. The number of imidazole rings is 1. The molecule has 0 fully saturated rings. The summed E-state index contributed by atoms with van der Waals surface area (Å²) in [5.41, 5.74) is 8.31. The van der Waals surface area contributed by atoms with Gasteiger partial charge in [-0.15, -0.1) is 11.3 Å². The Bertz CT molecular complexity index is 2420. The summed E-state index contributed by atoms with van der Waals surface area (Å²) in [6.07, 6.45) is 3.97. The van der Waals surface area contributed by atoms with Crippen molar-refractivity contribution in [2.45, 2.75) is 0 Å². The Labute approximate surface area is 240 Å². The zero-order chi connectivity index (χ0) is 26.9. The first-order valence-electron chi connectivity index (χ1n) is 13.8. The monoisotopic (exact) mass is 541 g/mol. The molecule has 0 aliphatic carbocycles. The first-order valence-corrected chi connectivity index (χ1v) is 14.6. The van der Waals surface area contributed by atoms with Crippen molar-refractivity contribution in [2.75, 3.05) is 0 Å². The molecule has 0 saturated heterocycles. The fourth-order valence-electron chi connectivity index (χ4n) is 6.33. The van der Waals surface area contributed by atoms with E-state index in [2.05, 4.69) is 148 Å². The maximum atomic E-state index is 4.67. The summed E-state index contributed by atoms with van der Waals surface area (Å²) in [6, 6.07) is 46.1. The zero-order valence-corrected chi connectivity index (χ0v) is 22.8. The van der Waals surface area contributed by atoms with E-state index in [9.17, 15) is 0 Å². The van der Waals surface area contributed by atoms with Gasteiger partial charge in [-0.3, -0.25) is 4.40 Å². The lowest BCUT2D eigenvalue weighted by Gasteiger charge is -2.08. The molecule has 0 aliphatic heterocycles. The summed E-state index contributed by atoms with van der Waals surface area (Å²) < 4.78 is 4.59. The average molecular weight is 542 g/mol. The molecule has 0 amide bonds. The fourth-order valence-corrected chi connectivity index (χ4v) is 7.49. The lowest BCUT2D eigenvalue weighted by Crippen LogP contribution is -1.92. The Hall–Kier alpha value is -5.19. The summed E-state index contributed by atoms with van der Waals surface area (Å²) in [5, 5.41) is 6.24. The van der Waals surface area contributed by atoms with Gasteiger partial charge in [-0.2, -0.15) is 0 Å². The molecule has 0 radical (unpaired) electrons. The van der Waals surface area contributed by atoms with Crippen LogP contribution in [0.4, 0.5) is 0 Å². The molecule has 9 rings (SSSR count). The van der Waals surface area contributed by atoms with Gasteiger partial charge in [-0.05, 0) is 64.5 Å². The number of hydrogen-bond donors (Lipinski definition) is 0. The van der Waals surface area contributed by atoms with Gasteiger partial charge >= 0.3 is 0 Å². The van der Waals surface area contributed by atoms with Crippen molar-refractivity contribution in [3.63, 3.8) is 0 Å². The number of pyridine rings is 1. The molecular formula is C37H23N3S. The van der Waals surface area contributed by atoms with E-state index in [-0.39, 0.29) is 0 Å². The summed E-state index contributed by atoms with van der Waals surface area (Å²) in [6.45, 7) is 0. The minimum Gasteiger partial charge on any atom is -0.309 e. The van der Waals surface area contributed by atoms with Gasteiger partial charge in [0.1, 0.15) is 10.5 Å². The van der Waals surface area contributed by atoms with Gasteiger partial charge in [0.2, 0.25) is 0 Å². The van der Waals surface area contributed by atoms with E-state index in [4.69, 9.17) is 0 Å². The van der Waals surface area contributed by atoms with Crippen LogP contribution in [0.15, 0.2) is 140 Å². The molecule has 0 atom stereocenters. The summed E-state index contributed by atoms with van der Waals surface area (Å²) in [7, 11) is 0. The number of nitrogens with zero attached hydrogens (tertiary/aromatic N) is 3. The van der Waals surface area contributed by atoms with Crippen molar-refractivity contribution in [2.24, 2.45) is 0 Å². The first-order chi connectivity index (χ1) is 20.3. The van der Waals surface area contributed by atoms with E-state index in [0.29, 0.717) is 0 Å². The van der Waals surface area contributed by atoms with E-state index in [1.807, 2.05) is 17.5 Å².